The zero-order chi connectivity index (χ0) is 23.0. The summed E-state index contributed by atoms with van der Waals surface area (Å²) < 4.78 is 5.68. The van der Waals surface area contributed by atoms with Crippen molar-refractivity contribution in [2.24, 2.45) is 5.92 Å². The number of pyridine rings is 1. The van der Waals surface area contributed by atoms with Gasteiger partial charge in [0.1, 0.15) is 18.3 Å². The molecule has 33 heavy (non-hydrogen) atoms. The number of aromatic nitrogens is 1. The summed E-state index contributed by atoms with van der Waals surface area (Å²) in [7, 11) is 2.26. The summed E-state index contributed by atoms with van der Waals surface area (Å²) in [6, 6.07) is 10.3. The first kappa shape index (κ1) is 21.9. The Bertz CT molecular complexity index is 1030. The number of nitrogens with zero attached hydrogens (tertiary/aromatic N) is 3. The average molecular weight is 451 g/mol. The quantitative estimate of drug-likeness (QED) is 0.387. The Morgan fingerprint density at radius 2 is 1.82 bits per heavy atom. The number of Topliss-reactive ketones (excluding diaryl/α,β-unsaturated/α-hetero) is 1. The number of aryl methyl sites for hydroxylation is 1. The van der Waals surface area contributed by atoms with Crippen LogP contribution in [-0.4, -0.2) is 59.2 Å². The molecular weight excluding hydrogens is 418 g/mol. The molecule has 7 heteroatoms. The SMILES string of the molecule is C[N+](CC(=O)C1CC1)(C1CCN(c2ccncc2)CC1)C1CCc2ccc(OC(=O)O)cc21. The molecule has 1 aromatic heterocycles. The second kappa shape index (κ2) is 8.78. The number of piperidine rings is 1. The Labute approximate surface area is 194 Å². The molecule has 2 aromatic rings. The summed E-state index contributed by atoms with van der Waals surface area (Å²) in [5.41, 5.74) is 3.60. The summed E-state index contributed by atoms with van der Waals surface area (Å²) in [4.78, 5) is 30.7. The van der Waals surface area contributed by atoms with Crippen molar-refractivity contribution < 1.29 is 23.9 Å². The second-order valence-electron chi connectivity index (χ2n) is 9.95. The molecule has 0 amide bonds. The van der Waals surface area contributed by atoms with Crippen LogP contribution in [-0.2, 0) is 11.2 Å². The van der Waals surface area contributed by atoms with Gasteiger partial charge in [-0.05, 0) is 49.1 Å². The molecule has 3 aliphatic rings. The Morgan fingerprint density at radius 1 is 1.09 bits per heavy atom. The number of carbonyl (C=O) groups is 2. The van der Waals surface area contributed by atoms with E-state index in [4.69, 9.17) is 9.84 Å². The van der Waals surface area contributed by atoms with Gasteiger partial charge in [0.05, 0.1) is 13.1 Å². The summed E-state index contributed by atoms with van der Waals surface area (Å²) in [5.74, 6) is 0.989. The Kier molecular flexibility index (Phi) is 5.83. The van der Waals surface area contributed by atoms with Crippen molar-refractivity contribution >= 4 is 17.6 Å². The van der Waals surface area contributed by atoms with Crippen LogP contribution in [0, 0.1) is 5.92 Å². The highest BCUT2D eigenvalue weighted by molar-refractivity contribution is 5.84. The van der Waals surface area contributed by atoms with Gasteiger partial charge < -0.3 is 19.2 Å². The van der Waals surface area contributed by atoms with Gasteiger partial charge >= 0.3 is 6.16 Å². The van der Waals surface area contributed by atoms with E-state index in [1.54, 1.807) is 6.07 Å². The fraction of sp³-hybridized carbons (Fsp3) is 0.500. The van der Waals surface area contributed by atoms with Crippen LogP contribution < -0.4 is 9.64 Å². The van der Waals surface area contributed by atoms with E-state index in [-0.39, 0.29) is 12.0 Å². The smallest absolute Gasteiger partial charge is 0.449 e. The number of carboxylic acid groups (broad SMARTS) is 1. The Balaban J connectivity index is 1.41. The van der Waals surface area contributed by atoms with Crippen LogP contribution in [0.2, 0.25) is 0 Å². The standard InChI is InChI=1S/C26H31N3O4/c1-29(17-25(30)19-2-3-19,21-10-14-28(15-11-21)20-8-12-27-13-9-20)24-7-5-18-4-6-22(16-23(18)24)33-26(31)32/h4,6,8-9,12-13,16,19,21,24H,2-3,5,7,10-11,14-15,17H2,1H3/p+1. The molecule has 2 fully saturated rings. The maximum Gasteiger partial charge on any atom is 0.511 e. The first-order valence-corrected chi connectivity index (χ1v) is 12.0. The van der Waals surface area contributed by atoms with E-state index in [1.165, 1.54) is 11.3 Å². The van der Waals surface area contributed by atoms with E-state index in [9.17, 15) is 9.59 Å². The number of quaternary nitrogens is 1. The monoisotopic (exact) mass is 450 g/mol. The number of fused-ring (bicyclic) bond motifs is 1. The third-order valence-electron chi connectivity index (χ3n) is 7.94. The number of rotatable bonds is 7. The molecule has 2 aliphatic carbocycles. The van der Waals surface area contributed by atoms with Crippen LogP contribution in [0.5, 0.6) is 5.75 Å². The fourth-order valence-electron chi connectivity index (χ4n) is 5.97. The maximum atomic E-state index is 13.1. The number of carbonyl (C=O) groups excluding carboxylic acids is 1. The first-order valence-electron chi connectivity index (χ1n) is 12.0. The van der Waals surface area contributed by atoms with E-state index in [0.29, 0.717) is 28.6 Å². The minimum Gasteiger partial charge on any atom is -0.449 e. The van der Waals surface area contributed by atoms with Gasteiger partial charge in [-0.2, -0.15) is 0 Å². The highest BCUT2D eigenvalue weighted by atomic mass is 16.7. The lowest BCUT2D eigenvalue weighted by atomic mass is 9.93. The van der Waals surface area contributed by atoms with Crippen LogP contribution >= 0.6 is 0 Å². The number of ether oxygens (including phenoxy) is 1. The molecule has 1 N–H and O–H groups in total. The third kappa shape index (κ3) is 4.47. The van der Waals surface area contributed by atoms with Gasteiger partial charge in [-0.1, -0.05) is 6.07 Å². The number of anilines is 1. The van der Waals surface area contributed by atoms with Gasteiger partial charge in [-0.15, -0.1) is 0 Å². The molecule has 2 atom stereocenters. The lowest BCUT2D eigenvalue weighted by molar-refractivity contribution is -0.955. The molecule has 2 heterocycles. The zero-order valence-electron chi connectivity index (χ0n) is 19.2. The average Bonchev–Trinajstić information content (AvgIpc) is 3.59. The molecule has 1 aromatic carbocycles. The second-order valence-corrected chi connectivity index (χ2v) is 9.95. The van der Waals surface area contributed by atoms with Gasteiger partial charge in [0.2, 0.25) is 0 Å². The molecule has 1 aliphatic heterocycles. The predicted octanol–water partition coefficient (Wildman–Crippen LogP) is 4.22. The summed E-state index contributed by atoms with van der Waals surface area (Å²) >= 11 is 0. The predicted molar refractivity (Wildman–Crippen MR) is 124 cm³/mol. The summed E-state index contributed by atoms with van der Waals surface area (Å²) in [6.45, 7) is 2.47. The lowest BCUT2D eigenvalue weighted by Crippen LogP contribution is -2.59. The van der Waals surface area contributed by atoms with Crippen molar-refractivity contribution in [3.63, 3.8) is 0 Å². The van der Waals surface area contributed by atoms with Crippen LogP contribution in [0.1, 0.15) is 49.3 Å². The van der Waals surface area contributed by atoms with E-state index in [2.05, 4.69) is 29.1 Å². The first-order chi connectivity index (χ1) is 15.9. The number of likely N-dealkylation sites (N-methyl/N-ethyl adjacent to an activating group) is 1. The fourth-order valence-corrected chi connectivity index (χ4v) is 5.97. The minimum atomic E-state index is -1.30. The lowest BCUT2D eigenvalue weighted by Gasteiger charge is -2.49. The maximum absolute atomic E-state index is 13.1. The molecular formula is C26H32N3O4+. The van der Waals surface area contributed by atoms with Gasteiger partial charge in [-0.25, -0.2) is 4.79 Å². The molecule has 5 rings (SSSR count). The molecule has 2 unspecified atom stereocenters. The van der Waals surface area contributed by atoms with Gasteiger partial charge in [0.15, 0.2) is 5.78 Å². The van der Waals surface area contributed by atoms with E-state index < -0.39 is 6.16 Å². The molecule has 7 nitrogen and oxygen atoms in total. The normalized spacial score (nSPS) is 22.5. The van der Waals surface area contributed by atoms with Gasteiger partial charge in [-0.3, -0.25) is 9.78 Å². The van der Waals surface area contributed by atoms with Crippen LogP contribution in [0.25, 0.3) is 0 Å². The highest BCUT2D eigenvalue weighted by Gasteiger charge is 2.48. The van der Waals surface area contributed by atoms with Crippen LogP contribution in [0.4, 0.5) is 10.5 Å². The van der Waals surface area contributed by atoms with Crippen molar-refractivity contribution in [3.05, 3.63) is 53.9 Å². The van der Waals surface area contributed by atoms with Crippen molar-refractivity contribution in [2.45, 2.75) is 50.6 Å². The number of benzene rings is 1. The van der Waals surface area contributed by atoms with Crippen LogP contribution in [0.15, 0.2) is 42.7 Å². The Hall–Kier alpha value is -2.93. The molecule has 174 valence electrons. The van der Waals surface area contributed by atoms with Crippen molar-refractivity contribution in [1.82, 2.24) is 4.98 Å². The molecule has 0 spiro atoms. The molecule has 1 saturated heterocycles. The third-order valence-corrected chi connectivity index (χ3v) is 7.94. The van der Waals surface area contributed by atoms with E-state index in [0.717, 1.165) is 57.2 Å². The largest absolute Gasteiger partial charge is 0.511 e. The van der Waals surface area contributed by atoms with Crippen molar-refractivity contribution in [2.75, 3.05) is 31.6 Å². The minimum absolute atomic E-state index is 0.178. The summed E-state index contributed by atoms with van der Waals surface area (Å²) in [6.07, 6.45) is 8.40. The number of ketones is 1. The number of hydrogen-bond acceptors (Lipinski definition) is 5. The van der Waals surface area contributed by atoms with Crippen LogP contribution in [0.3, 0.4) is 0 Å². The summed E-state index contributed by atoms with van der Waals surface area (Å²) in [5, 5.41) is 9.07. The molecule has 0 bridgehead atoms. The molecule has 0 radical (unpaired) electrons. The van der Waals surface area contributed by atoms with E-state index in [1.807, 2.05) is 24.5 Å². The molecule has 1 saturated carbocycles. The van der Waals surface area contributed by atoms with E-state index >= 15 is 0 Å². The van der Waals surface area contributed by atoms with Gasteiger partial charge in [0, 0.05) is 61.9 Å². The van der Waals surface area contributed by atoms with Crippen molar-refractivity contribution in [3.8, 4) is 5.75 Å². The van der Waals surface area contributed by atoms with Gasteiger partial charge in [0.25, 0.3) is 0 Å². The van der Waals surface area contributed by atoms with Crippen molar-refractivity contribution in [1.29, 1.82) is 0 Å². The number of hydrogen-bond donors (Lipinski definition) is 1. The Morgan fingerprint density at radius 3 is 2.48 bits per heavy atom. The highest BCUT2D eigenvalue weighted by Crippen LogP contribution is 2.45. The topological polar surface area (TPSA) is 79.7 Å². The zero-order valence-corrected chi connectivity index (χ0v) is 19.2.